The van der Waals surface area contributed by atoms with Crippen molar-refractivity contribution in [2.75, 3.05) is 30.3 Å². The third-order valence-corrected chi connectivity index (χ3v) is 7.38. The van der Waals surface area contributed by atoms with Crippen molar-refractivity contribution in [1.82, 2.24) is 19.7 Å². The van der Waals surface area contributed by atoms with Crippen LogP contribution in [0.4, 0.5) is 19.0 Å². The van der Waals surface area contributed by atoms with Crippen molar-refractivity contribution in [3.8, 4) is 11.3 Å². The van der Waals surface area contributed by atoms with Crippen LogP contribution in [0.15, 0.2) is 24.5 Å². The number of halogens is 3. The van der Waals surface area contributed by atoms with Crippen LogP contribution < -0.4 is 5.73 Å². The van der Waals surface area contributed by atoms with Crippen LogP contribution in [-0.4, -0.2) is 50.3 Å². The van der Waals surface area contributed by atoms with Gasteiger partial charge in [-0.1, -0.05) is 35.1 Å². The summed E-state index contributed by atoms with van der Waals surface area (Å²) in [6.45, 7) is 14.6. The van der Waals surface area contributed by atoms with Crippen LogP contribution in [0, 0.1) is 11.8 Å². The standard InChI is InChI=1S/C12H13F3N4.C10H17NS.2C2H6.CH4/c1-7(2)19-4-3-10(18-19)8-5-9(12(13,14)15)11(16)17-6-8;1-3-12-4-2-11(1)10-6-8-5-9(8)7-10;2*1-2;/h3-7H,1-2H3,(H2,16,17);8-10H,1-7H2;2*1-2H3;1H4. The van der Waals surface area contributed by atoms with Gasteiger partial charge in [-0.05, 0) is 57.1 Å². The van der Waals surface area contributed by atoms with Gasteiger partial charge in [0.15, 0.2) is 0 Å². The number of anilines is 1. The minimum atomic E-state index is -4.52. The van der Waals surface area contributed by atoms with E-state index in [9.17, 15) is 13.2 Å². The number of nitrogen functional groups attached to an aromatic ring is 1. The summed E-state index contributed by atoms with van der Waals surface area (Å²) in [6.07, 6.45) is 3.12. The highest BCUT2D eigenvalue weighted by Gasteiger charge is 2.47. The molecule has 2 saturated carbocycles. The minimum absolute atomic E-state index is 0. The van der Waals surface area contributed by atoms with Crippen LogP contribution in [0.5, 0.6) is 0 Å². The van der Waals surface area contributed by atoms with E-state index in [0.29, 0.717) is 11.3 Å². The smallest absolute Gasteiger partial charge is 0.383 e. The average Bonchev–Trinajstić information content (AvgIpc) is 3.24. The first-order valence-corrected chi connectivity index (χ1v) is 14.1. The lowest BCUT2D eigenvalue weighted by molar-refractivity contribution is -0.137. The van der Waals surface area contributed by atoms with Crippen LogP contribution in [0.25, 0.3) is 11.3 Å². The van der Waals surface area contributed by atoms with Gasteiger partial charge in [-0.15, -0.1) is 0 Å². The summed E-state index contributed by atoms with van der Waals surface area (Å²) in [5, 5.41) is 4.20. The summed E-state index contributed by atoms with van der Waals surface area (Å²) >= 11 is 2.13. The molecule has 3 fully saturated rings. The van der Waals surface area contributed by atoms with Gasteiger partial charge in [0.1, 0.15) is 5.82 Å². The van der Waals surface area contributed by atoms with E-state index in [4.69, 9.17) is 5.73 Å². The van der Waals surface area contributed by atoms with Gasteiger partial charge in [-0.3, -0.25) is 9.58 Å². The first-order valence-electron chi connectivity index (χ1n) is 12.9. The van der Waals surface area contributed by atoms with Crippen LogP contribution in [0.3, 0.4) is 0 Å². The number of hydrogen-bond acceptors (Lipinski definition) is 5. The molecule has 0 amide bonds. The molecular formula is C27H46F3N5S. The molecule has 3 aliphatic rings. The summed E-state index contributed by atoms with van der Waals surface area (Å²) in [7, 11) is 0. The zero-order valence-electron chi connectivity index (χ0n) is 22.0. The molecule has 9 heteroatoms. The van der Waals surface area contributed by atoms with Crippen molar-refractivity contribution in [2.24, 2.45) is 11.8 Å². The van der Waals surface area contributed by atoms with Gasteiger partial charge in [-0.2, -0.15) is 30.0 Å². The molecule has 206 valence electrons. The molecule has 5 nitrogen and oxygen atoms in total. The van der Waals surface area contributed by atoms with Gasteiger partial charge in [-0.25, -0.2) is 4.98 Å². The lowest BCUT2D eigenvalue weighted by Crippen LogP contribution is -2.40. The molecule has 0 bridgehead atoms. The monoisotopic (exact) mass is 529 g/mol. The topological polar surface area (TPSA) is 60.0 Å². The second-order valence-corrected chi connectivity index (χ2v) is 10.2. The zero-order chi connectivity index (χ0) is 26.2. The Morgan fingerprint density at radius 2 is 1.61 bits per heavy atom. The molecule has 1 saturated heterocycles. The van der Waals surface area contributed by atoms with E-state index in [0.717, 1.165) is 23.9 Å². The number of nitrogens with two attached hydrogens (primary N) is 1. The summed E-state index contributed by atoms with van der Waals surface area (Å²) < 4.78 is 39.9. The van der Waals surface area contributed by atoms with E-state index < -0.39 is 17.6 Å². The Bertz CT molecular complexity index is 884. The predicted molar refractivity (Wildman–Crippen MR) is 148 cm³/mol. The van der Waals surface area contributed by atoms with Gasteiger partial charge in [0.25, 0.3) is 0 Å². The number of fused-ring (bicyclic) bond motifs is 1. The molecule has 1 aliphatic heterocycles. The van der Waals surface area contributed by atoms with Gasteiger partial charge in [0.05, 0.1) is 11.3 Å². The van der Waals surface area contributed by atoms with Crippen LogP contribution >= 0.6 is 11.8 Å². The number of nitrogens with zero attached hydrogens (tertiary/aromatic N) is 4. The predicted octanol–water partition coefficient (Wildman–Crippen LogP) is 7.65. The van der Waals surface area contributed by atoms with E-state index in [1.54, 1.807) is 23.4 Å². The average molecular weight is 530 g/mol. The van der Waals surface area contributed by atoms with Crippen LogP contribution in [0.2, 0.25) is 0 Å². The number of rotatable bonds is 3. The molecular weight excluding hydrogens is 483 g/mol. The summed E-state index contributed by atoms with van der Waals surface area (Å²) in [4.78, 5) is 6.34. The number of hydrogen-bond donors (Lipinski definition) is 1. The van der Waals surface area contributed by atoms with Crippen molar-refractivity contribution in [3.05, 3.63) is 30.1 Å². The van der Waals surface area contributed by atoms with Crippen molar-refractivity contribution in [1.29, 1.82) is 0 Å². The maximum atomic E-state index is 12.7. The van der Waals surface area contributed by atoms with E-state index >= 15 is 0 Å². The normalized spacial score (nSPS) is 22.6. The largest absolute Gasteiger partial charge is 0.419 e. The summed E-state index contributed by atoms with van der Waals surface area (Å²) in [5.41, 5.74) is 5.04. The lowest BCUT2D eigenvalue weighted by Gasteiger charge is -2.32. The Morgan fingerprint density at radius 3 is 2.11 bits per heavy atom. The quantitative estimate of drug-likeness (QED) is 0.442. The molecule has 0 spiro atoms. The summed E-state index contributed by atoms with van der Waals surface area (Å²) in [5.74, 6) is 4.55. The van der Waals surface area contributed by atoms with Gasteiger partial charge in [0.2, 0.25) is 0 Å². The number of pyridine rings is 1. The molecule has 0 aromatic carbocycles. The lowest BCUT2D eigenvalue weighted by atomic mass is 10.1. The van der Waals surface area contributed by atoms with Crippen molar-refractivity contribution >= 4 is 17.6 Å². The number of alkyl halides is 3. The molecule has 2 aromatic heterocycles. The van der Waals surface area contributed by atoms with Crippen LogP contribution in [0.1, 0.15) is 79.8 Å². The highest BCUT2D eigenvalue weighted by atomic mass is 32.2. The Morgan fingerprint density at radius 1 is 1.03 bits per heavy atom. The molecule has 2 unspecified atom stereocenters. The Balaban J connectivity index is 0.000000327. The van der Waals surface area contributed by atoms with Gasteiger partial charge in [0, 0.05) is 54.6 Å². The third kappa shape index (κ3) is 8.68. The van der Waals surface area contributed by atoms with Crippen molar-refractivity contribution < 1.29 is 13.2 Å². The molecule has 2 N–H and O–H groups in total. The molecule has 2 atom stereocenters. The first-order chi connectivity index (χ1) is 16.7. The second kappa shape index (κ2) is 14.9. The van der Waals surface area contributed by atoms with Gasteiger partial charge >= 0.3 is 6.18 Å². The fourth-order valence-electron chi connectivity index (χ4n) is 4.55. The minimum Gasteiger partial charge on any atom is -0.383 e. The SMILES string of the molecule is C.C1CN(C2CC3CC3C2)CCS1.CC.CC.CC(C)n1ccc(-c2cnc(N)c(C(F)(F)F)c2)n1. The second-order valence-electron chi connectivity index (χ2n) is 8.96. The molecule has 2 aliphatic carbocycles. The molecule has 3 heterocycles. The Hall–Kier alpha value is -1.74. The summed E-state index contributed by atoms with van der Waals surface area (Å²) in [6, 6.07) is 3.75. The maximum absolute atomic E-state index is 12.7. The van der Waals surface area contributed by atoms with Crippen molar-refractivity contribution in [3.63, 3.8) is 0 Å². The Labute approximate surface area is 220 Å². The fourth-order valence-corrected chi connectivity index (χ4v) is 5.48. The first kappa shape index (κ1) is 32.3. The molecule has 2 aromatic rings. The maximum Gasteiger partial charge on any atom is 0.419 e. The van der Waals surface area contributed by atoms with E-state index in [2.05, 4.69) is 26.7 Å². The highest BCUT2D eigenvalue weighted by molar-refractivity contribution is 7.99. The van der Waals surface area contributed by atoms with Gasteiger partial charge < -0.3 is 5.73 Å². The van der Waals surface area contributed by atoms with E-state index in [-0.39, 0.29) is 13.5 Å². The third-order valence-electron chi connectivity index (χ3n) is 6.44. The molecule has 36 heavy (non-hydrogen) atoms. The zero-order valence-corrected chi connectivity index (χ0v) is 22.8. The fraction of sp³-hybridized carbons (Fsp3) is 0.704. The number of thioether (sulfide) groups is 1. The Kier molecular flexibility index (Phi) is 13.3. The van der Waals surface area contributed by atoms with E-state index in [1.165, 1.54) is 43.6 Å². The van der Waals surface area contributed by atoms with E-state index in [1.807, 2.05) is 41.5 Å². The van der Waals surface area contributed by atoms with Crippen LogP contribution in [-0.2, 0) is 6.18 Å². The van der Waals surface area contributed by atoms with Crippen molar-refractivity contribution in [2.45, 2.75) is 86.5 Å². The number of aromatic nitrogens is 3. The highest BCUT2D eigenvalue weighted by Crippen LogP contribution is 2.53. The molecule has 5 rings (SSSR count). The molecule has 0 radical (unpaired) electrons.